The van der Waals surface area contributed by atoms with Gasteiger partial charge in [-0.25, -0.2) is 9.78 Å². The van der Waals surface area contributed by atoms with Crippen molar-refractivity contribution in [2.24, 2.45) is 0 Å². The third-order valence-electron chi connectivity index (χ3n) is 4.60. The van der Waals surface area contributed by atoms with Crippen molar-refractivity contribution in [1.82, 2.24) is 9.38 Å². The standard InChI is InChI=1S/C21H14N2O3/c1-25-21(24)15-11-17-20(19-10-13-6-2-5-9-18(13)26-19)14-7-3-4-8-16(14)23(17)12-22-15/h2-12H,1H3. The largest absolute Gasteiger partial charge is 0.464 e. The van der Waals surface area contributed by atoms with Crippen molar-refractivity contribution >= 4 is 33.4 Å². The summed E-state index contributed by atoms with van der Waals surface area (Å²) in [5, 5.41) is 2.07. The number of fused-ring (bicyclic) bond motifs is 4. The molecule has 0 radical (unpaired) electrons. The lowest BCUT2D eigenvalue weighted by molar-refractivity contribution is 0.0594. The maximum absolute atomic E-state index is 11.9. The maximum atomic E-state index is 11.9. The van der Waals surface area contributed by atoms with E-state index in [0.717, 1.165) is 38.7 Å². The molecule has 0 N–H and O–H groups in total. The summed E-state index contributed by atoms with van der Waals surface area (Å²) >= 11 is 0. The van der Waals surface area contributed by atoms with E-state index in [1.807, 2.05) is 59.0 Å². The van der Waals surface area contributed by atoms with E-state index in [0.29, 0.717) is 0 Å². The van der Waals surface area contributed by atoms with E-state index < -0.39 is 5.97 Å². The van der Waals surface area contributed by atoms with Gasteiger partial charge in [-0.05, 0) is 24.3 Å². The van der Waals surface area contributed by atoms with Gasteiger partial charge < -0.3 is 9.15 Å². The molecule has 126 valence electrons. The van der Waals surface area contributed by atoms with Gasteiger partial charge in [0.1, 0.15) is 17.7 Å². The number of benzene rings is 2. The summed E-state index contributed by atoms with van der Waals surface area (Å²) < 4.78 is 12.9. The number of methoxy groups -OCH3 is 1. The smallest absolute Gasteiger partial charge is 0.356 e. The van der Waals surface area contributed by atoms with Crippen LogP contribution in [0.25, 0.3) is 38.7 Å². The Morgan fingerprint density at radius 2 is 1.85 bits per heavy atom. The molecule has 0 bridgehead atoms. The molecule has 0 saturated carbocycles. The summed E-state index contributed by atoms with van der Waals surface area (Å²) in [5.41, 5.74) is 3.88. The zero-order chi connectivity index (χ0) is 17.7. The van der Waals surface area contributed by atoms with Crippen molar-refractivity contribution in [3.63, 3.8) is 0 Å². The van der Waals surface area contributed by atoms with Crippen LogP contribution in [0.3, 0.4) is 0 Å². The molecular weight excluding hydrogens is 328 g/mol. The molecule has 0 fully saturated rings. The second-order valence-corrected chi connectivity index (χ2v) is 6.06. The predicted molar refractivity (Wildman–Crippen MR) is 99.2 cm³/mol. The van der Waals surface area contributed by atoms with Crippen LogP contribution < -0.4 is 0 Å². The highest BCUT2D eigenvalue weighted by atomic mass is 16.5. The Balaban J connectivity index is 1.89. The van der Waals surface area contributed by atoms with E-state index in [9.17, 15) is 4.79 Å². The Labute approximate surface area is 148 Å². The Morgan fingerprint density at radius 3 is 2.69 bits per heavy atom. The summed E-state index contributed by atoms with van der Waals surface area (Å²) in [6.07, 6.45) is 1.65. The third-order valence-corrected chi connectivity index (χ3v) is 4.60. The molecule has 5 heteroatoms. The number of nitrogens with zero attached hydrogens (tertiary/aromatic N) is 2. The molecule has 0 aliphatic rings. The number of aromatic nitrogens is 2. The molecule has 0 aliphatic carbocycles. The van der Waals surface area contributed by atoms with Crippen molar-refractivity contribution in [2.75, 3.05) is 7.11 Å². The number of para-hydroxylation sites is 2. The molecule has 0 amide bonds. The van der Waals surface area contributed by atoms with Gasteiger partial charge in [-0.3, -0.25) is 4.40 Å². The van der Waals surface area contributed by atoms with Crippen LogP contribution in [0.5, 0.6) is 0 Å². The van der Waals surface area contributed by atoms with Gasteiger partial charge in [0.25, 0.3) is 0 Å². The molecule has 0 saturated heterocycles. The fourth-order valence-corrected chi connectivity index (χ4v) is 3.42. The summed E-state index contributed by atoms with van der Waals surface area (Å²) in [7, 11) is 1.35. The second kappa shape index (κ2) is 5.46. The van der Waals surface area contributed by atoms with Crippen molar-refractivity contribution in [1.29, 1.82) is 0 Å². The molecule has 3 heterocycles. The Hall–Kier alpha value is -3.60. The van der Waals surface area contributed by atoms with Crippen LogP contribution in [0.4, 0.5) is 0 Å². The number of esters is 1. The zero-order valence-corrected chi connectivity index (χ0v) is 14.0. The van der Waals surface area contributed by atoms with Gasteiger partial charge in [0, 0.05) is 10.8 Å². The lowest BCUT2D eigenvalue weighted by atomic mass is 10.1. The highest BCUT2D eigenvalue weighted by Gasteiger charge is 2.19. The number of carbonyl (C=O) groups is 1. The van der Waals surface area contributed by atoms with E-state index in [-0.39, 0.29) is 5.69 Å². The first-order valence-electron chi connectivity index (χ1n) is 8.22. The van der Waals surface area contributed by atoms with Crippen molar-refractivity contribution < 1.29 is 13.9 Å². The number of ether oxygens (including phenoxy) is 1. The molecule has 5 rings (SSSR count). The molecule has 0 aliphatic heterocycles. The van der Waals surface area contributed by atoms with E-state index in [1.54, 1.807) is 12.4 Å². The lowest BCUT2D eigenvalue weighted by Gasteiger charge is -2.01. The normalized spacial score (nSPS) is 11.4. The number of rotatable bonds is 2. The molecule has 0 atom stereocenters. The summed E-state index contributed by atoms with van der Waals surface area (Å²) in [4.78, 5) is 16.2. The number of furan rings is 1. The minimum absolute atomic E-state index is 0.264. The predicted octanol–water partition coefficient (Wildman–Crippen LogP) is 4.69. The average Bonchev–Trinajstić information content (AvgIpc) is 3.25. The number of carbonyl (C=O) groups excluding carboxylic acids is 1. The van der Waals surface area contributed by atoms with Gasteiger partial charge in [0.2, 0.25) is 0 Å². The van der Waals surface area contributed by atoms with E-state index in [2.05, 4.69) is 4.98 Å². The first-order valence-corrected chi connectivity index (χ1v) is 8.22. The third kappa shape index (κ3) is 2.04. The quantitative estimate of drug-likeness (QED) is 0.437. The zero-order valence-electron chi connectivity index (χ0n) is 14.0. The summed E-state index contributed by atoms with van der Waals surface area (Å²) in [5.74, 6) is 0.292. The van der Waals surface area contributed by atoms with Crippen LogP contribution >= 0.6 is 0 Å². The summed E-state index contributed by atoms with van der Waals surface area (Å²) in [6, 6.07) is 19.7. The number of hydrogen-bond acceptors (Lipinski definition) is 4. The SMILES string of the molecule is COC(=O)c1cc2c(-c3cc4ccccc4o3)c3ccccc3n2cn1. The summed E-state index contributed by atoms with van der Waals surface area (Å²) in [6.45, 7) is 0. The van der Waals surface area contributed by atoms with Gasteiger partial charge in [0.05, 0.1) is 23.7 Å². The minimum Gasteiger partial charge on any atom is -0.464 e. The van der Waals surface area contributed by atoms with Gasteiger partial charge in [-0.1, -0.05) is 36.4 Å². The Bertz CT molecular complexity index is 1260. The highest BCUT2D eigenvalue weighted by Crippen LogP contribution is 2.38. The van der Waals surface area contributed by atoms with Crippen LogP contribution in [0.2, 0.25) is 0 Å². The fourth-order valence-electron chi connectivity index (χ4n) is 3.42. The van der Waals surface area contributed by atoms with Crippen molar-refractivity contribution in [3.8, 4) is 11.3 Å². The molecule has 0 unspecified atom stereocenters. The monoisotopic (exact) mass is 342 g/mol. The second-order valence-electron chi connectivity index (χ2n) is 6.06. The van der Waals surface area contributed by atoms with E-state index in [4.69, 9.17) is 9.15 Å². The highest BCUT2D eigenvalue weighted by molar-refractivity contribution is 6.06. The lowest BCUT2D eigenvalue weighted by Crippen LogP contribution is -2.05. The minimum atomic E-state index is -0.465. The Kier molecular flexibility index (Phi) is 3.09. The molecule has 26 heavy (non-hydrogen) atoms. The van der Waals surface area contributed by atoms with Crippen LogP contribution in [0.15, 0.2) is 71.4 Å². The van der Waals surface area contributed by atoms with Crippen LogP contribution in [0.1, 0.15) is 10.5 Å². The molecule has 5 nitrogen and oxygen atoms in total. The fraction of sp³-hybridized carbons (Fsp3) is 0.0476. The number of hydrogen-bond donors (Lipinski definition) is 0. The van der Waals surface area contributed by atoms with Gasteiger partial charge in [-0.15, -0.1) is 0 Å². The first kappa shape index (κ1) is 14.7. The van der Waals surface area contributed by atoms with Gasteiger partial charge in [-0.2, -0.15) is 0 Å². The van der Waals surface area contributed by atoms with E-state index in [1.165, 1.54) is 7.11 Å². The van der Waals surface area contributed by atoms with Crippen LogP contribution in [-0.4, -0.2) is 22.5 Å². The topological polar surface area (TPSA) is 56.7 Å². The van der Waals surface area contributed by atoms with Gasteiger partial charge >= 0.3 is 5.97 Å². The first-order chi connectivity index (χ1) is 12.8. The molecular formula is C21H14N2O3. The van der Waals surface area contributed by atoms with Crippen LogP contribution in [-0.2, 0) is 4.74 Å². The maximum Gasteiger partial charge on any atom is 0.356 e. The van der Waals surface area contributed by atoms with Crippen LogP contribution in [0, 0.1) is 0 Å². The van der Waals surface area contributed by atoms with Crippen molar-refractivity contribution in [2.45, 2.75) is 0 Å². The Morgan fingerprint density at radius 1 is 1.04 bits per heavy atom. The molecule has 2 aromatic carbocycles. The average molecular weight is 342 g/mol. The molecule has 3 aromatic heterocycles. The van der Waals surface area contributed by atoms with E-state index >= 15 is 0 Å². The molecule has 0 spiro atoms. The van der Waals surface area contributed by atoms with Crippen molar-refractivity contribution in [3.05, 3.63) is 72.7 Å². The molecule has 5 aromatic rings. The van der Waals surface area contributed by atoms with Gasteiger partial charge in [0.15, 0.2) is 5.69 Å².